The van der Waals surface area contributed by atoms with Crippen molar-refractivity contribution in [2.45, 2.75) is 13.3 Å². The third-order valence-corrected chi connectivity index (χ3v) is 3.98. The molecule has 0 fully saturated rings. The van der Waals surface area contributed by atoms with E-state index in [1.165, 1.54) is 25.3 Å². The zero-order valence-electron chi connectivity index (χ0n) is 7.85. The minimum Gasteiger partial charge on any atom is -0.0616 e. The zero-order valence-corrected chi connectivity index (χ0v) is 11.0. The molecule has 0 aliphatic rings. The molecular formula is C12H10Br2. The van der Waals surface area contributed by atoms with E-state index in [1.807, 2.05) is 0 Å². The summed E-state index contributed by atoms with van der Waals surface area (Å²) in [6, 6.07) is 10.6. The smallest absolute Gasteiger partial charge is 0.0286 e. The van der Waals surface area contributed by atoms with Gasteiger partial charge in [0.25, 0.3) is 0 Å². The zero-order chi connectivity index (χ0) is 10.1. The Kier molecular flexibility index (Phi) is 2.93. The van der Waals surface area contributed by atoms with Gasteiger partial charge >= 0.3 is 0 Å². The number of halogens is 2. The van der Waals surface area contributed by atoms with Crippen molar-refractivity contribution in [2.24, 2.45) is 0 Å². The number of benzene rings is 2. The van der Waals surface area contributed by atoms with Gasteiger partial charge in [0.1, 0.15) is 0 Å². The molecule has 0 nitrogen and oxygen atoms in total. The molecule has 2 aromatic rings. The van der Waals surface area contributed by atoms with Crippen LogP contribution in [0.5, 0.6) is 0 Å². The van der Waals surface area contributed by atoms with Gasteiger partial charge in [-0.2, -0.15) is 0 Å². The summed E-state index contributed by atoms with van der Waals surface area (Å²) in [6.45, 7) is 2.17. The maximum atomic E-state index is 3.66. The topological polar surface area (TPSA) is 0 Å². The van der Waals surface area contributed by atoms with Crippen LogP contribution in [0.3, 0.4) is 0 Å². The molecule has 0 spiro atoms. The van der Waals surface area contributed by atoms with E-state index < -0.39 is 0 Å². The van der Waals surface area contributed by atoms with Gasteiger partial charge in [-0.05, 0) is 44.8 Å². The van der Waals surface area contributed by atoms with Crippen LogP contribution in [0, 0.1) is 0 Å². The molecule has 72 valence electrons. The van der Waals surface area contributed by atoms with Crippen LogP contribution in [0.25, 0.3) is 10.8 Å². The molecule has 14 heavy (non-hydrogen) atoms. The summed E-state index contributed by atoms with van der Waals surface area (Å²) in [7, 11) is 0. The Bertz CT molecular complexity index is 475. The van der Waals surface area contributed by atoms with Gasteiger partial charge in [-0.1, -0.05) is 47.1 Å². The molecule has 0 amide bonds. The molecule has 0 aromatic heterocycles. The number of hydrogen-bond acceptors (Lipinski definition) is 0. The Labute approximate surface area is 101 Å². The monoisotopic (exact) mass is 312 g/mol. The second-order valence-corrected chi connectivity index (χ2v) is 4.88. The Balaban J connectivity index is 2.87. The van der Waals surface area contributed by atoms with Crippen molar-refractivity contribution in [1.29, 1.82) is 0 Å². The molecule has 0 aliphatic heterocycles. The lowest BCUT2D eigenvalue weighted by Gasteiger charge is -2.08. The minimum atomic E-state index is 1.05. The van der Waals surface area contributed by atoms with Crippen molar-refractivity contribution in [3.05, 3.63) is 44.8 Å². The Morgan fingerprint density at radius 3 is 2.36 bits per heavy atom. The summed E-state index contributed by atoms with van der Waals surface area (Å²) in [5.74, 6) is 0. The second kappa shape index (κ2) is 4.03. The molecule has 2 heteroatoms. The minimum absolute atomic E-state index is 1.05. The third-order valence-electron chi connectivity index (χ3n) is 2.38. The van der Waals surface area contributed by atoms with E-state index in [0.29, 0.717) is 0 Å². The van der Waals surface area contributed by atoms with Crippen LogP contribution < -0.4 is 0 Å². The number of rotatable bonds is 1. The average Bonchev–Trinajstić information content (AvgIpc) is 2.23. The fraction of sp³-hybridized carbons (Fsp3) is 0.167. The SMILES string of the molecule is CCc1cc(Br)c2ccccc2c1Br. The predicted molar refractivity (Wildman–Crippen MR) is 68.7 cm³/mol. The lowest BCUT2D eigenvalue weighted by Crippen LogP contribution is -1.85. The predicted octanol–water partition coefficient (Wildman–Crippen LogP) is 4.93. The lowest BCUT2D eigenvalue weighted by atomic mass is 10.1. The van der Waals surface area contributed by atoms with Gasteiger partial charge in [0.2, 0.25) is 0 Å². The first-order valence-electron chi connectivity index (χ1n) is 4.59. The van der Waals surface area contributed by atoms with Crippen LogP contribution in [-0.2, 0) is 6.42 Å². The standard InChI is InChI=1S/C12H10Br2/c1-2-8-7-11(13)9-5-3-4-6-10(9)12(8)14/h3-7H,2H2,1H3. The third kappa shape index (κ3) is 1.61. The molecule has 0 heterocycles. The van der Waals surface area contributed by atoms with Crippen LogP contribution in [0.4, 0.5) is 0 Å². The normalized spacial score (nSPS) is 10.8. The van der Waals surface area contributed by atoms with Gasteiger partial charge in [-0.15, -0.1) is 0 Å². The van der Waals surface area contributed by atoms with Crippen LogP contribution in [0.2, 0.25) is 0 Å². The fourth-order valence-electron chi connectivity index (χ4n) is 1.61. The molecule has 0 bridgehead atoms. The summed E-state index contributed by atoms with van der Waals surface area (Å²) in [5.41, 5.74) is 1.34. The van der Waals surface area contributed by atoms with Crippen LogP contribution in [0.1, 0.15) is 12.5 Å². The fourth-order valence-corrected chi connectivity index (χ4v) is 2.97. The Morgan fingerprint density at radius 1 is 1.07 bits per heavy atom. The van der Waals surface area contributed by atoms with Crippen LogP contribution >= 0.6 is 31.9 Å². The van der Waals surface area contributed by atoms with Gasteiger partial charge in [0, 0.05) is 8.95 Å². The molecule has 0 atom stereocenters. The summed E-state index contributed by atoms with van der Waals surface area (Å²) >= 11 is 7.26. The van der Waals surface area contributed by atoms with Gasteiger partial charge in [0.15, 0.2) is 0 Å². The van der Waals surface area contributed by atoms with Crippen molar-refractivity contribution >= 4 is 42.6 Å². The summed E-state index contributed by atoms with van der Waals surface area (Å²) in [6.07, 6.45) is 1.05. The molecule has 0 saturated carbocycles. The van der Waals surface area contributed by atoms with Crippen molar-refractivity contribution in [1.82, 2.24) is 0 Å². The summed E-state index contributed by atoms with van der Waals surface area (Å²) in [4.78, 5) is 0. The Hall–Kier alpha value is -0.340. The highest BCUT2D eigenvalue weighted by molar-refractivity contribution is 9.11. The average molecular weight is 314 g/mol. The van der Waals surface area contributed by atoms with Crippen molar-refractivity contribution in [3.8, 4) is 0 Å². The number of hydrogen-bond donors (Lipinski definition) is 0. The van der Waals surface area contributed by atoms with E-state index in [4.69, 9.17) is 0 Å². The number of fused-ring (bicyclic) bond motifs is 1. The first-order valence-corrected chi connectivity index (χ1v) is 6.18. The van der Waals surface area contributed by atoms with Gasteiger partial charge in [-0.3, -0.25) is 0 Å². The largest absolute Gasteiger partial charge is 0.0616 e. The van der Waals surface area contributed by atoms with Crippen molar-refractivity contribution in [3.63, 3.8) is 0 Å². The molecule has 0 aliphatic carbocycles. The molecular weight excluding hydrogens is 304 g/mol. The van der Waals surface area contributed by atoms with E-state index in [-0.39, 0.29) is 0 Å². The highest BCUT2D eigenvalue weighted by Crippen LogP contribution is 2.33. The quantitative estimate of drug-likeness (QED) is 0.700. The van der Waals surface area contributed by atoms with Crippen LogP contribution in [0.15, 0.2) is 39.3 Å². The Morgan fingerprint density at radius 2 is 1.71 bits per heavy atom. The van der Waals surface area contributed by atoms with Gasteiger partial charge in [0.05, 0.1) is 0 Å². The molecule has 2 aromatic carbocycles. The highest BCUT2D eigenvalue weighted by atomic mass is 79.9. The van der Waals surface area contributed by atoms with Crippen molar-refractivity contribution < 1.29 is 0 Å². The first kappa shape index (κ1) is 10.2. The van der Waals surface area contributed by atoms with Gasteiger partial charge < -0.3 is 0 Å². The maximum absolute atomic E-state index is 3.66. The van der Waals surface area contributed by atoms with E-state index in [1.54, 1.807) is 0 Å². The molecule has 0 unspecified atom stereocenters. The molecule has 2 rings (SSSR count). The molecule has 0 saturated heterocycles. The number of aryl methyl sites for hydroxylation is 1. The van der Waals surface area contributed by atoms with E-state index in [9.17, 15) is 0 Å². The van der Waals surface area contributed by atoms with E-state index >= 15 is 0 Å². The molecule has 0 N–H and O–H groups in total. The maximum Gasteiger partial charge on any atom is 0.0286 e. The van der Waals surface area contributed by atoms with Gasteiger partial charge in [-0.25, -0.2) is 0 Å². The first-order chi connectivity index (χ1) is 6.74. The summed E-state index contributed by atoms with van der Waals surface area (Å²) < 4.78 is 2.40. The molecule has 0 radical (unpaired) electrons. The van der Waals surface area contributed by atoms with Crippen LogP contribution in [-0.4, -0.2) is 0 Å². The van der Waals surface area contributed by atoms with E-state index in [0.717, 1.165) is 6.42 Å². The van der Waals surface area contributed by atoms with Crippen molar-refractivity contribution in [2.75, 3.05) is 0 Å². The second-order valence-electron chi connectivity index (χ2n) is 3.23. The van der Waals surface area contributed by atoms with E-state index in [2.05, 4.69) is 69.1 Å². The lowest BCUT2D eigenvalue weighted by molar-refractivity contribution is 1.13. The highest BCUT2D eigenvalue weighted by Gasteiger charge is 2.06. The summed E-state index contributed by atoms with van der Waals surface area (Å²) in [5, 5.41) is 2.54.